The van der Waals surface area contributed by atoms with Gasteiger partial charge in [-0.15, -0.1) is 0 Å². The predicted molar refractivity (Wildman–Crippen MR) is 110 cm³/mol. The summed E-state index contributed by atoms with van der Waals surface area (Å²) in [5, 5.41) is 7.10. The van der Waals surface area contributed by atoms with E-state index in [1.165, 1.54) is 0 Å². The molecule has 1 heterocycles. The summed E-state index contributed by atoms with van der Waals surface area (Å²) in [6.07, 6.45) is 1.98. The summed E-state index contributed by atoms with van der Waals surface area (Å²) in [4.78, 5) is 34.9. The number of halogens is 1. The van der Waals surface area contributed by atoms with E-state index in [0.29, 0.717) is 28.3 Å². The number of hydrogen-bond donors (Lipinski definition) is 3. The molecule has 0 aliphatic heterocycles. The lowest BCUT2D eigenvalue weighted by molar-refractivity contribution is -0.120. The van der Waals surface area contributed by atoms with Gasteiger partial charge in [0.1, 0.15) is 5.82 Å². The highest BCUT2D eigenvalue weighted by molar-refractivity contribution is 6.31. The molecule has 0 unspecified atom stereocenters. The standard InChI is InChI=1S/C19H22ClN5O2/c1-5-16(24-17(26)6-2)25-19(21-4)22-11(3)14-10-12-9-13(20)7-8-15(12)23-18(14)27/h5,7-11H,4,6H2,1-3H3,(H,22,25)(H,23,27)(H,24,26)/b16-5-/t11-/m0/s1. The normalized spacial score (nSPS) is 13.3. The van der Waals surface area contributed by atoms with E-state index in [1.807, 2.05) is 6.92 Å². The topological polar surface area (TPSA) is 98.7 Å². The fraction of sp³-hybridized carbons (Fsp3) is 0.263. The lowest BCUT2D eigenvalue weighted by Crippen LogP contribution is -2.30. The number of aromatic amines is 1. The van der Waals surface area contributed by atoms with Crippen molar-refractivity contribution in [1.82, 2.24) is 15.6 Å². The van der Waals surface area contributed by atoms with Gasteiger partial charge in [0.15, 0.2) is 0 Å². The molecular weight excluding hydrogens is 366 g/mol. The van der Waals surface area contributed by atoms with Gasteiger partial charge >= 0.3 is 0 Å². The Morgan fingerprint density at radius 2 is 2.15 bits per heavy atom. The molecule has 2 rings (SSSR count). The summed E-state index contributed by atoms with van der Waals surface area (Å²) in [6.45, 7) is 8.79. The van der Waals surface area contributed by atoms with Gasteiger partial charge in [0.05, 0.1) is 6.04 Å². The highest BCUT2D eigenvalue weighted by Gasteiger charge is 2.13. The van der Waals surface area contributed by atoms with Crippen LogP contribution >= 0.6 is 11.6 Å². The number of rotatable bonds is 5. The average molecular weight is 388 g/mol. The van der Waals surface area contributed by atoms with Crippen LogP contribution in [0.3, 0.4) is 0 Å². The lowest BCUT2D eigenvalue weighted by Gasteiger charge is -2.15. The minimum absolute atomic E-state index is 0.161. The van der Waals surface area contributed by atoms with E-state index >= 15 is 0 Å². The van der Waals surface area contributed by atoms with Gasteiger partial charge in [0, 0.05) is 27.9 Å². The van der Waals surface area contributed by atoms with Crippen LogP contribution in [0, 0.1) is 0 Å². The van der Waals surface area contributed by atoms with Crippen molar-refractivity contribution in [2.24, 2.45) is 9.98 Å². The van der Waals surface area contributed by atoms with E-state index < -0.39 is 6.04 Å². The van der Waals surface area contributed by atoms with Gasteiger partial charge in [0.2, 0.25) is 11.9 Å². The second kappa shape index (κ2) is 9.14. The highest BCUT2D eigenvalue weighted by atomic mass is 35.5. The van der Waals surface area contributed by atoms with E-state index in [1.54, 1.807) is 44.2 Å². The van der Waals surface area contributed by atoms with Crippen LogP contribution in [0.2, 0.25) is 5.02 Å². The van der Waals surface area contributed by atoms with Gasteiger partial charge in [-0.3, -0.25) is 9.59 Å². The Morgan fingerprint density at radius 3 is 2.78 bits per heavy atom. The van der Waals surface area contributed by atoms with Crippen molar-refractivity contribution in [1.29, 1.82) is 0 Å². The van der Waals surface area contributed by atoms with Crippen LogP contribution in [0.4, 0.5) is 0 Å². The van der Waals surface area contributed by atoms with Crippen molar-refractivity contribution in [3.8, 4) is 0 Å². The number of pyridine rings is 1. The fourth-order valence-corrected chi connectivity index (χ4v) is 2.59. The zero-order valence-electron chi connectivity index (χ0n) is 15.5. The number of aromatic nitrogens is 1. The monoisotopic (exact) mass is 387 g/mol. The van der Waals surface area contributed by atoms with E-state index in [-0.39, 0.29) is 17.4 Å². The minimum Gasteiger partial charge on any atom is -0.347 e. The largest absolute Gasteiger partial charge is 0.347 e. The number of allylic oxidation sites excluding steroid dienone is 1. The second-order valence-corrected chi connectivity index (χ2v) is 6.26. The van der Waals surface area contributed by atoms with Crippen LogP contribution in [-0.2, 0) is 4.79 Å². The van der Waals surface area contributed by atoms with Gasteiger partial charge in [0.25, 0.3) is 5.56 Å². The highest BCUT2D eigenvalue weighted by Crippen LogP contribution is 2.19. The maximum atomic E-state index is 12.4. The predicted octanol–water partition coefficient (Wildman–Crippen LogP) is 3.28. The third-order valence-electron chi connectivity index (χ3n) is 3.89. The number of amides is 1. The summed E-state index contributed by atoms with van der Waals surface area (Å²) in [6, 6.07) is 6.63. The van der Waals surface area contributed by atoms with Crippen molar-refractivity contribution >= 4 is 41.1 Å². The second-order valence-electron chi connectivity index (χ2n) is 5.82. The van der Waals surface area contributed by atoms with Crippen molar-refractivity contribution in [3.05, 3.63) is 57.1 Å². The number of H-pyrrole nitrogens is 1. The molecule has 0 saturated heterocycles. The molecule has 0 aliphatic rings. The smallest absolute Gasteiger partial charge is 0.253 e. The zero-order valence-corrected chi connectivity index (χ0v) is 16.2. The first-order valence-corrected chi connectivity index (χ1v) is 8.86. The number of hydrogen-bond acceptors (Lipinski definition) is 3. The lowest BCUT2D eigenvalue weighted by atomic mass is 10.1. The Hall–Kier alpha value is -2.93. The molecule has 0 saturated carbocycles. The molecule has 27 heavy (non-hydrogen) atoms. The molecule has 142 valence electrons. The fourth-order valence-electron chi connectivity index (χ4n) is 2.41. The van der Waals surface area contributed by atoms with Gasteiger partial charge < -0.3 is 15.6 Å². The summed E-state index contributed by atoms with van der Waals surface area (Å²) in [5.41, 5.74) is 0.981. The molecule has 1 aromatic carbocycles. The van der Waals surface area contributed by atoms with Crippen LogP contribution in [0.5, 0.6) is 0 Å². The molecule has 0 bridgehead atoms. The van der Waals surface area contributed by atoms with Crippen LogP contribution in [0.1, 0.15) is 38.8 Å². The molecule has 0 aliphatic carbocycles. The number of nitrogens with zero attached hydrogens (tertiary/aromatic N) is 2. The molecule has 3 N–H and O–H groups in total. The van der Waals surface area contributed by atoms with Crippen molar-refractivity contribution in [2.75, 3.05) is 0 Å². The number of carbonyl (C=O) groups excluding carboxylic acids is 1. The minimum atomic E-state index is -0.402. The molecule has 1 amide bonds. The first-order chi connectivity index (χ1) is 12.9. The first-order valence-electron chi connectivity index (χ1n) is 8.48. The maximum absolute atomic E-state index is 12.4. The van der Waals surface area contributed by atoms with Crippen LogP contribution in [0.15, 0.2) is 50.9 Å². The van der Waals surface area contributed by atoms with Crippen LogP contribution in [0.25, 0.3) is 10.9 Å². The number of carbonyl (C=O) groups is 1. The van der Waals surface area contributed by atoms with Gasteiger partial charge in [-0.2, -0.15) is 4.99 Å². The zero-order chi connectivity index (χ0) is 20.0. The molecule has 0 radical (unpaired) electrons. The molecule has 0 fully saturated rings. The van der Waals surface area contributed by atoms with E-state index in [4.69, 9.17) is 11.6 Å². The Morgan fingerprint density at radius 1 is 1.41 bits per heavy atom. The number of fused-ring (bicyclic) bond motifs is 1. The Bertz CT molecular complexity index is 978. The maximum Gasteiger partial charge on any atom is 0.253 e. The van der Waals surface area contributed by atoms with Crippen molar-refractivity contribution in [2.45, 2.75) is 33.2 Å². The van der Waals surface area contributed by atoms with Crippen molar-refractivity contribution < 1.29 is 4.79 Å². The number of benzene rings is 1. The van der Waals surface area contributed by atoms with Crippen LogP contribution < -0.4 is 16.2 Å². The van der Waals surface area contributed by atoms with Crippen LogP contribution in [-0.4, -0.2) is 23.6 Å². The summed E-state index contributed by atoms with van der Waals surface area (Å²) in [5.74, 6) is 0.381. The number of nitrogens with one attached hydrogen (secondary N) is 3. The summed E-state index contributed by atoms with van der Waals surface area (Å²) in [7, 11) is 0. The number of guanidine groups is 1. The Labute approximate surface area is 162 Å². The van der Waals surface area contributed by atoms with E-state index in [9.17, 15) is 9.59 Å². The quantitative estimate of drug-likeness (QED) is 0.542. The molecule has 2 aromatic rings. The van der Waals surface area contributed by atoms with E-state index in [2.05, 4.69) is 32.3 Å². The van der Waals surface area contributed by atoms with Crippen molar-refractivity contribution in [3.63, 3.8) is 0 Å². The summed E-state index contributed by atoms with van der Waals surface area (Å²) >= 11 is 6.03. The SMILES string of the molecule is C=N/C(=N\C(=C/C)NC(=O)CC)N[C@@H](C)c1cc2cc(Cl)ccc2[nH]c1=O. The third kappa shape index (κ3) is 5.27. The molecule has 1 atom stereocenters. The van der Waals surface area contributed by atoms with Gasteiger partial charge in [-0.1, -0.05) is 18.5 Å². The first kappa shape index (κ1) is 20.4. The Balaban J connectivity index is 2.29. The third-order valence-corrected chi connectivity index (χ3v) is 4.12. The molecule has 7 nitrogen and oxygen atoms in total. The van der Waals surface area contributed by atoms with Gasteiger partial charge in [-0.05, 0) is 50.9 Å². The molecular formula is C19H22ClN5O2. The number of aliphatic imine (C=N–C) groups is 2. The molecule has 0 spiro atoms. The van der Waals surface area contributed by atoms with E-state index in [0.717, 1.165) is 5.39 Å². The molecule has 8 heteroatoms. The molecule has 1 aromatic heterocycles. The summed E-state index contributed by atoms with van der Waals surface area (Å²) < 4.78 is 0. The van der Waals surface area contributed by atoms with Gasteiger partial charge in [-0.25, -0.2) is 4.99 Å². The average Bonchev–Trinajstić information content (AvgIpc) is 2.66. The Kier molecular flexibility index (Phi) is 6.90.